The van der Waals surface area contributed by atoms with Gasteiger partial charge in [0.15, 0.2) is 0 Å². The molecule has 1 aliphatic rings. The molecule has 3 nitrogen and oxygen atoms in total. The Kier molecular flexibility index (Phi) is 5.20. The average molecular weight is 208 g/mol. The topological polar surface area (TPSA) is 23.6 Å². The predicted octanol–water partition coefficient (Wildman–Crippen LogP) is 0.954. The van der Waals surface area contributed by atoms with Crippen LogP contribution in [0.25, 0.3) is 0 Å². The van der Waals surface area contributed by atoms with E-state index in [1.165, 1.54) is 0 Å². The molecule has 0 unspecified atom stereocenters. The Hall–Kier alpha value is -1.01. The molecule has 1 rings (SSSR count). The summed E-state index contributed by atoms with van der Waals surface area (Å²) in [6.45, 7) is 3.75. The number of rotatable bonds is 4. The number of hydrogen-bond acceptors (Lipinski definition) is 2. The maximum atomic E-state index is 11.7. The standard InChI is InChI=1S/C12H20N2O/c1-3-4-5-6-7-12(15)14-10-8-13(2)9-11-14/h1H,4-11H2,2H3. The average Bonchev–Trinajstić information content (AvgIpc) is 2.25. The van der Waals surface area contributed by atoms with Crippen molar-refractivity contribution in [2.24, 2.45) is 0 Å². The summed E-state index contributed by atoms with van der Waals surface area (Å²) in [6, 6.07) is 0. The van der Waals surface area contributed by atoms with E-state index in [4.69, 9.17) is 6.42 Å². The molecule has 1 amide bonds. The first kappa shape index (κ1) is 12.1. The molecule has 3 heteroatoms. The number of amides is 1. The van der Waals surface area contributed by atoms with E-state index in [1.54, 1.807) is 0 Å². The highest BCUT2D eigenvalue weighted by Crippen LogP contribution is 2.06. The third-order valence-corrected chi connectivity index (χ3v) is 2.82. The summed E-state index contributed by atoms with van der Waals surface area (Å²) in [5.41, 5.74) is 0. The molecule has 1 heterocycles. The van der Waals surface area contributed by atoms with Gasteiger partial charge in [-0.2, -0.15) is 0 Å². The fraction of sp³-hybridized carbons (Fsp3) is 0.750. The minimum Gasteiger partial charge on any atom is -0.340 e. The van der Waals surface area contributed by atoms with E-state index in [2.05, 4.69) is 17.9 Å². The lowest BCUT2D eigenvalue weighted by Gasteiger charge is -2.32. The van der Waals surface area contributed by atoms with Gasteiger partial charge in [0.05, 0.1) is 0 Å². The van der Waals surface area contributed by atoms with Crippen LogP contribution < -0.4 is 0 Å². The van der Waals surface area contributed by atoms with E-state index >= 15 is 0 Å². The normalized spacial score (nSPS) is 17.5. The minimum absolute atomic E-state index is 0.292. The van der Waals surface area contributed by atoms with Gasteiger partial charge in [0.1, 0.15) is 0 Å². The van der Waals surface area contributed by atoms with Gasteiger partial charge < -0.3 is 9.80 Å². The number of nitrogens with zero attached hydrogens (tertiary/aromatic N) is 2. The first-order valence-electron chi connectivity index (χ1n) is 5.64. The number of carbonyl (C=O) groups is 1. The van der Waals surface area contributed by atoms with Gasteiger partial charge in [-0.05, 0) is 19.9 Å². The summed E-state index contributed by atoms with van der Waals surface area (Å²) >= 11 is 0. The molecule has 0 aromatic carbocycles. The van der Waals surface area contributed by atoms with Crippen LogP contribution in [-0.2, 0) is 4.79 Å². The number of carbonyl (C=O) groups excluding carboxylic acids is 1. The van der Waals surface area contributed by atoms with E-state index in [0.717, 1.165) is 45.4 Å². The van der Waals surface area contributed by atoms with Gasteiger partial charge in [-0.1, -0.05) is 0 Å². The maximum absolute atomic E-state index is 11.7. The maximum Gasteiger partial charge on any atom is 0.222 e. The van der Waals surface area contributed by atoms with Gasteiger partial charge in [-0.3, -0.25) is 4.79 Å². The number of terminal acetylenes is 1. The second kappa shape index (κ2) is 6.47. The van der Waals surface area contributed by atoms with Crippen LogP contribution in [0.4, 0.5) is 0 Å². The highest BCUT2D eigenvalue weighted by atomic mass is 16.2. The van der Waals surface area contributed by atoms with E-state index in [9.17, 15) is 4.79 Å². The Morgan fingerprint density at radius 1 is 1.27 bits per heavy atom. The zero-order chi connectivity index (χ0) is 11.1. The van der Waals surface area contributed by atoms with Crippen LogP contribution in [0.2, 0.25) is 0 Å². The summed E-state index contributed by atoms with van der Waals surface area (Å²) in [7, 11) is 2.09. The Balaban J connectivity index is 2.14. The van der Waals surface area contributed by atoms with Crippen molar-refractivity contribution < 1.29 is 4.79 Å². The summed E-state index contributed by atoms with van der Waals surface area (Å²) in [4.78, 5) is 15.9. The molecule has 0 spiro atoms. The first-order valence-corrected chi connectivity index (χ1v) is 5.64. The molecular formula is C12H20N2O. The molecule has 0 aromatic rings. The van der Waals surface area contributed by atoms with Gasteiger partial charge in [0.2, 0.25) is 5.91 Å². The smallest absolute Gasteiger partial charge is 0.222 e. The largest absolute Gasteiger partial charge is 0.340 e. The minimum atomic E-state index is 0.292. The van der Waals surface area contributed by atoms with Gasteiger partial charge in [-0.25, -0.2) is 0 Å². The first-order chi connectivity index (χ1) is 7.24. The molecular weight excluding hydrogens is 188 g/mol. The highest BCUT2D eigenvalue weighted by molar-refractivity contribution is 5.76. The summed E-state index contributed by atoms with van der Waals surface area (Å²) in [6.07, 6.45) is 8.49. The van der Waals surface area contributed by atoms with Crippen LogP contribution in [0, 0.1) is 12.3 Å². The van der Waals surface area contributed by atoms with Crippen molar-refractivity contribution in [2.75, 3.05) is 33.2 Å². The van der Waals surface area contributed by atoms with Crippen LogP contribution in [0.5, 0.6) is 0 Å². The monoisotopic (exact) mass is 208 g/mol. The lowest BCUT2D eigenvalue weighted by atomic mass is 10.2. The van der Waals surface area contributed by atoms with Gasteiger partial charge >= 0.3 is 0 Å². The fourth-order valence-corrected chi connectivity index (χ4v) is 1.72. The van der Waals surface area contributed by atoms with E-state index in [1.807, 2.05) is 4.90 Å². The molecule has 84 valence electrons. The second-order valence-corrected chi connectivity index (χ2v) is 4.10. The Bertz CT molecular complexity index is 236. The number of likely N-dealkylation sites (N-methyl/N-ethyl adjacent to an activating group) is 1. The lowest BCUT2D eigenvalue weighted by Crippen LogP contribution is -2.47. The molecule has 1 aliphatic heterocycles. The van der Waals surface area contributed by atoms with Crippen LogP contribution in [0.3, 0.4) is 0 Å². The molecule has 1 saturated heterocycles. The molecule has 0 aliphatic carbocycles. The highest BCUT2D eigenvalue weighted by Gasteiger charge is 2.17. The number of unbranched alkanes of at least 4 members (excludes halogenated alkanes) is 2. The van der Waals surface area contributed by atoms with Gasteiger partial charge in [-0.15, -0.1) is 12.3 Å². The van der Waals surface area contributed by atoms with Crippen molar-refractivity contribution in [1.82, 2.24) is 9.80 Å². The van der Waals surface area contributed by atoms with Crippen molar-refractivity contribution in [2.45, 2.75) is 25.7 Å². The summed E-state index contributed by atoms with van der Waals surface area (Å²) in [5.74, 6) is 2.89. The van der Waals surface area contributed by atoms with Crippen molar-refractivity contribution in [3.63, 3.8) is 0 Å². The van der Waals surface area contributed by atoms with E-state index < -0.39 is 0 Å². The molecule has 0 radical (unpaired) electrons. The van der Waals surface area contributed by atoms with E-state index in [-0.39, 0.29) is 0 Å². The van der Waals surface area contributed by atoms with Crippen molar-refractivity contribution in [3.8, 4) is 12.3 Å². The van der Waals surface area contributed by atoms with Crippen LogP contribution in [0.15, 0.2) is 0 Å². The zero-order valence-electron chi connectivity index (χ0n) is 9.54. The van der Waals surface area contributed by atoms with Crippen molar-refractivity contribution in [1.29, 1.82) is 0 Å². The quantitative estimate of drug-likeness (QED) is 0.507. The van der Waals surface area contributed by atoms with Gasteiger partial charge in [0.25, 0.3) is 0 Å². The number of hydrogen-bond donors (Lipinski definition) is 0. The van der Waals surface area contributed by atoms with Crippen LogP contribution >= 0.6 is 0 Å². The summed E-state index contributed by atoms with van der Waals surface area (Å²) in [5, 5.41) is 0. The van der Waals surface area contributed by atoms with Crippen molar-refractivity contribution in [3.05, 3.63) is 0 Å². The Labute approximate surface area is 92.4 Å². The van der Waals surface area contributed by atoms with E-state index in [0.29, 0.717) is 12.3 Å². The SMILES string of the molecule is C#CCCCCC(=O)N1CCN(C)CC1. The third kappa shape index (κ3) is 4.35. The Morgan fingerprint density at radius 2 is 1.93 bits per heavy atom. The molecule has 0 saturated carbocycles. The zero-order valence-corrected chi connectivity index (χ0v) is 9.54. The lowest BCUT2D eigenvalue weighted by molar-refractivity contribution is -0.132. The molecule has 0 bridgehead atoms. The van der Waals surface area contributed by atoms with Crippen LogP contribution in [-0.4, -0.2) is 48.9 Å². The molecule has 0 aromatic heterocycles. The molecule has 15 heavy (non-hydrogen) atoms. The molecule has 1 fully saturated rings. The number of piperazine rings is 1. The third-order valence-electron chi connectivity index (χ3n) is 2.82. The second-order valence-electron chi connectivity index (χ2n) is 4.10. The van der Waals surface area contributed by atoms with Gasteiger partial charge in [0, 0.05) is 39.0 Å². The molecule has 0 N–H and O–H groups in total. The fourth-order valence-electron chi connectivity index (χ4n) is 1.72. The predicted molar refractivity (Wildman–Crippen MR) is 61.4 cm³/mol. The molecule has 0 atom stereocenters. The summed E-state index contributed by atoms with van der Waals surface area (Å²) < 4.78 is 0. The van der Waals surface area contributed by atoms with Crippen molar-refractivity contribution >= 4 is 5.91 Å². The Morgan fingerprint density at radius 3 is 2.53 bits per heavy atom. The van der Waals surface area contributed by atoms with Crippen LogP contribution in [0.1, 0.15) is 25.7 Å².